The van der Waals surface area contributed by atoms with Crippen molar-refractivity contribution in [1.29, 1.82) is 0 Å². The summed E-state index contributed by atoms with van der Waals surface area (Å²) in [7, 11) is -3.61. The van der Waals surface area contributed by atoms with Crippen molar-refractivity contribution in [2.75, 3.05) is 26.3 Å². The number of carbonyl (C=O) groups is 1. The molecule has 0 unspecified atom stereocenters. The number of hydrogen-bond acceptors (Lipinski definition) is 5. The van der Waals surface area contributed by atoms with E-state index in [0.29, 0.717) is 48.2 Å². The van der Waals surface area contributed by atoms with Gasteiger partial charge in [-0.3, -0.25) is 4.79 Å². The molecule has 4 rings (SSSR count). The van der Waals surface area contributed by atoms with Gasteiger partial charge in [-0.05, 0) is 42.5 Å². The van der Waals surface area contributed by atoms with Crippen LogP contribution < -0.4 is 4.80 Å². The van der Waals surface area contributed by atoms with Gasteiger partial charge in [-0.25, -0.2) is 8.42 Å². The lowest BCUT2D eigenvalue weighted by molar-refractivity contribution is 0.0730. The average Bonchev–Trinajstić information content (AvgIpc) is 3.10. The first kappa shape index (κ1) is 21.9. The van der Waals surface area contributed by atoms with Crippen LogP contribution in [0.4, 0.5) is 0 Å². The molecule has 0 bridgehead atoms. The molecule has 10 heteroatoms. The monoisotopic (exact) mass is 477 g/mol. The van der Waals surface area contributed by atoms with Crippen LogP contribution in [0.5, 0.6) is 0 Å². The maximum Gasteiger partial charge on any atom is 0.279 e. The summed E-state index contributed by atoms with van der Waals surface area (Å²) in [5.74, 6) is -0.453. The second-order valence-electron chi connectivity index (χ2n) is 6.85. The molecule has 1 aliphatic rings. The summed E-state index contributed by atoms with van der Waals surface area (Å²) >= 11 is 7.44. The lowest BCUT2D eigenvalue weighted by atomic mass is 10.2. The van der Waals surface area contributed by atoms with Crippen molar-refractivity contribution in [1.82, 2.24) is 8.87 Å². The number of allylic oxidation sites excluding steroid dienone is 1. The summed E-state index contributed by atoms with van der Waals surface area (Å²) in [5, 5.41) is 0.606. The van der Waals surface area contributed by atoms with Gasteiger partial charge in [0.05, 0.1) is 28.3 Å². The van der Waals surface area contributed by atoms with Crippen LogP contribution in [0, 0.1) is 0 Å². The Morgan fingerprint density at radius 1 is 1.19 bits per heavy atom. The molecule has 1 aliphatic heterocycles. The lowest BCUT2D eigenvalue weighted by Crippen LogP contribution is -2.40. The van der Waals surface area contributed by atoms with Crippen LogP contribution in [0.25, 0.3) is 10.2 Å². The molecule has 1 fully saturated rings. The molecule has 2 heterocycles. The predicted molar refractivity (Wildman–Crippen MR) is 121 cm³/mol. The van der Waals surface area contributed by atoms with E-state index in [0.717, 1.165) is 10.2 Å². The summed E-state index contributed by atoms with van der Waals surface area (Å²) in [6.07, 6.45) is 1.73. The molecule has 0 aliphatic carbocycles. The van der Waals surface area contributed by atoms with Gasteiger partial charge in [-0.15, -0.1) is 6.58 Å². The molecule has 0 spiro atoms. The Morgan fingerprint density at radius 3 is 2.58 bits per heavy atom. The molecule has 0 N–H and O–H groups in total. The van der Waals surface area contributed by atoms with E-state index in [1.807, 2.05) is 16.7 Å². The van der Waals surface area contributed by atoms with Crippen molar-refractivity contribution in [2.45, 2.75) is 11.4 Å². The van der Waals surface area contributed by atoms with Crippen molar-refractivity contribution in [2.24, 2.45) is 4.99 Å². The summed E-state index contributed by atoms with van der Waals surface area (Å²) in [4.78, 5) is 17.7. The highest BCUT2D eigenvalue weighted by molar-refractivity contribution is 7.89. The molecule has 0 atom stereocenters. The van der Waals surface area contributed by atoms with E-state index in [1.165, 1.54) is 39.9 Å². The van der Waals surface area contributed by atoms with Gasteiger partial charge in [0.1, 0.15) is 0 Å². The number of benzene rings is 2. The minimum absolute atomic E-state index is 0.143. The predicted octanol–water partition coefficient (Wildman–Crippen LogP) is 3.30. The highest BCUT2D eigenvalue weighted by atomic mass is 35.5. The molecular formula is C21H20ClN3O4S2. The molecule has 1 aromatic heterocycles. The number of thiazole rings is 1. The van der Waals surface area contributed by atoms with Gasteiger partial charge >= 0.3 is 0 Å². The second kappa shape index (κ2) is 9.05. The number of morpholine rings is 1. The molecule has 1 amide bonds. The minimum atomic E-state index is -3.61. The van der Waals surface area contributed by atoms with Gasteiger partial charge in [0, 0.05) is 30.2 Å². The number of nitrogens with zero attached hydrogens (tertiary/aromatic N) is 3. The quantitative estimate of drug-likeness (QED) is 0.528. The first-order chi connectivity index (χ1) is 14.9. The van der Waals surface area contributed by atoms with Crippen molar-refractivity contribution in [3.63, 3.8) is 0 Å². The number of hydrogen-bond donors (Lipinski definition) is 0. The van der Waals surface area contributed by atoms with E-state index in [1.54, 1.807) is 12.1 Å². The van der Waals surface area contributed by atoms with Crippen molar-refractivity contribution in [3.8, 4) is 0 Å². The topological polar surface area (TPSA) is 81.0 Å². The third-order valence-electron chi connectivity index (χ3n) is 4.86. The fraction of sp³-hybridized carbons (Fsp3) is 0.238. The SMILES string of the molecule is C=CCn1c(=NC(=O)c2ccc(S(=O)(=O)N3CCOCC3)cc2)sc2cc(Cl)ccc21. The summed E-state index contributed by atoms with van der Waals surface area (Å²) in [5.41, 5.74) is 1.22. The maximum atomic E-state index is 12.8. The molecule has 0 radical (unpaired) electrons. The highest BCUT2D eigenvalue weighted by Gasteiger charge is 2.26. The molecule has 2 aromatic carbocycles. The highest BCUT2D eigenvalue weighted by Crippen LogP contribution is 2.22. The van der Waals surface area contributed by atoms with Crippen molar-refractivity contribution < 1.29 is 17.9 Å². The smallest absolute Gasteiger partial charge is 0.279 e. The Balaban J connectivity index is 1.65. The average molecular weight is 478 g/mol. The number of fused-ring (bicyclic) bond motifs is 1. The Labute approximate surface area is 188 Å². The number of aromatic nitrogens is 1. The van der Waals surface area contributed by atoms with Gasteiger partial charge in [0.25, 0.3) is 5.91 Å². The molecule has 162 valence electrons. The van der Waals surface area contributed by atoms with Crippen molar-refractivity contribution in [3.05, 3.63) is 70.5 Å². The van der Waals surface area contributed by atoms with E-state index in [-0.39, 0.29) is 4.90 Å². The lowest BCUT2D eigenvalue weighted by Gasteiger charge is -2.26. The maximum absolute atomic E-state index is 12.8. The molecule has 1 saturated heterocycles. The van der Waals surface area contributed by atoms with Gasteiger partial charge in [-0.2, -0.15) is 9.30 Å². The fourth-order valence-corrected chi connectivity index (χ4v) is 6.02. The van der Waals surface area contributed by atoms with Crippen molar-refractivity contribution >= 4 is 49.1 Å². The molecule has 31 heavy (non-hydrogen) atoms. The number of carbonyl (C=O) groups excluding carboxylic acids is 1. The van der Waals surface area contributed by atoms with E-state index in [2.05, 4.69) is 11.6 Å². The van der Waals surface area contributed by atoms with Gasteiger partial charge in [0.2, 0.25) is 10.0 Å². The zero-order valence-electron chi connectivity index (χ0n) is 16.5. The van der Waals surface area contributed by atoms with Crippen LogP contribution in [-0.4, -0.2) is 49.5 Å². The van der Waals surface area contributed by atoms with E-state index in [4.69, 9.17) is 16.3 Å². The molecule has 0 saturated carbocycles. The molecular weight excluding hydrogens is 458 g/mol. The molecule has 7 nitrogen and oxygen atoms in total. The Morgan fingerprint density at radius 2 is 1.90 bits per heavy atom. The Bertz CT molecular complexity index is 1300. The number of sulfonamides is 1. The zero-order valence-corrected chi connectivity index (χ0v) is 18.9. The van der Waals surface area contributed by atoms with Crippen LogP contribution >= 0.6 is 22.9 Å². The summed E-state index contributed by atoms with van der Waals surface area (Å²) in [6, 6.07) is 11.4. The summed E-state index contributed by atoms with van der Waals surface area (Å²) < 4.78 is 34.9. The van der Waals surface area contributed by atoms with Crippen LogP contribution in [0.3, 0.4) is 0 Å². The van der Waals surface area contributed by atoms with Crippen LogP contribution in [0.15, 0.2) is 65.0 Å². The Kier molecular flexibility index (Phi) is 6.40. The fourth-order valence-electron chi connectivity index (χ4n) is 3.29. The summed E-state index contributed by atoms with van der Waals surface area (Å²) in [6.45, 7) is 5.65. The number of halogens is 1. The normalized spacial score (nSPS) is 16.0. The van der Waals surface area contributed by atoms with Gasteiger partial charge < -0.3 is 9.30 Å². The van der Waals surface area contributed by atoms with Crippen LogP contribution in [-0.2, 0) is 21.3 Å². The minimum Gasteiger partial charge on any atom is -0.379 e. The first-order valence-electron chi connectivity index (χ1n) is 9.57. The number of ether oxygens (including phenoxy) is 1. The van der Waals surface area contributed by atoms with E-state index >= 15 is 0 Å². The third kappa shape index (κ3) is 4.51. The molecule has 3 aromatic rings. The second-order valence-corrected chi connectivity index (χ2v) is 10.2. The van der Waals surface area contributed by atoms with Crippen LogP contribution in [0.2, 0.25) is 5.02 Å². The largest absolute Gasteiger partial charge is 0.379 e. The zero-order chi connectivity index (χ0) is 22.0. The third-order valence-corrected chi connectivity index (χ3v) is 8.05. The standard InChI is InChI=1S/C21H20ClN3O4S2/c1-2-9-25-18-8-5-16(22)14-19(18)30-21(25)23-20(26)15-3-6-17(7-4-15)31(27,28)24-10-12-29-13-11-24/h2-8,14H,1,9-13H2. The van der Waals surface area contributed by atoms with Gasteiger partial charge in [0.15, 0.2) is 4.80 Å². The Hall–Kier alpha value is -2.30. The van der Waals surface area contributed by atoms with Crippen LogP contribution in [0.1, 0.15) is 10.4 Å². The number of amides is 1. The van der Waals surface area contributed by atoms with E-state index < -0.39 is 15.9 Å². The van der Waals surface area contributed by atoms with Gasteiger partial charge in [-0.1, -0.05) is 29.0 Å². The number of rotatable bonds is 5. The van der Waals surface area contributed by atoms with E-state index in [9.17, 15) is 13.2 Å². The first-order valence-corrected chi connectivity index (χ1v) is 12.2.